The fraction of sp³-hybridized carbons (Fsp3) is 0.391. The normalized spacial score (nSPS) is 14.8. The van der Waals surface area contributed by atoms with Gasteiger partial charge < -0.3 is 19.7 Å². The van der Waals surface area contributed by atoms with Gasteiger partial charge >= 0.3 is 0 Å². The maximum absolute atomic E-state index is 13.0. The van der Waals surface area contributed by atoms with Crippen LogP contribution < -0.4 is 10.1 Å². The Hall–Kier alpha value is -2.86. The number of rotatable bonds is 9. The second-order valence-electron chi connectivity index (χ2n) is 7.01. The van der Waals surface area contributed by atoms with E-state index in [1.165, 1.54) is 0 Å². The van der Waals surface area contributed by atoms with Gasteiger partial charge in [0.15, 0.2) is 0 Å². The first kappa shape index (κ1) is 20.9. The molecule has 2 amide bonds. The van der Waals surface area contributed by atoms with Crippen LogP contribution in [0.3, 0.4) is 0 Å². The molecule has 6 nitrogen and oxygen atoms in total. The Bertz CT molecular complexity index is 761. The lowest BCUT2D eigenvalue weighted by molar-refractivity contribution is -0.139. The zero-order chi connectivity index (χ0) is 20.3. The van der Waals surface area contributed by atoms with Gasteiger partial charge in [-0.15, -0.1) is 0 Å². The van der Waals surface area contributed by atoms with E-state index in [-0.39, 0.29) is 11.8 Å². The third kappa shape index (κ3) is 6.91. The molecule has 6 heteroatoms. The number of nitrogens with one attached hydrogen (secondary N) is 1. The van der Waals surface area contributed by atoms with E-state index in [4.69, 9.17) is 9.47 Å². The first-order valence-corrected chi connectivity index (χ1v) is 10.1. The van der Waals surface area contributed by atoms with Crippen molar-refractivity contribution in [2.24, 2.45) is 0 Å². The smallest absolute Gasteiger partial charge is 0.245 e. The van der Waals surface area contributed by atoms with Gasteiger partial charge in [-0.25, -0.2) is 0 Å². The monoisotopic (exact) mass is 396 g/mol. The van der Waals surface area contributed by atoms with Crippen molar-refractivity contribution >= 4 is 11.8 Å². The average Bonchev–Trinajstić information content (AvgIpc) is 2.78. The van der Waals surface area contributed by atoms with E-state index in [9.17, 15) is 9.59 Å². The summed E-state index contributed by atoms with van der Waals surface area (Å²) in [5.74, 6) is 0.604. The Balaban J connectivity index is 1.52. The third-order valence-corrected chi connectivity index (χ3v) is 4.80. The third-order valence-electron chi connectivity index (χ3n) is 4.80. The summed E-state index contributed by atoms with van der Waals surface area (Å²) in [6, 6.07) is 18.7. The lowest BCUT2D eigenvalue weighted by Gasteiger charge is -2.31. The number of amides is 2. The first-order chi connectivity index (χ1) is 14.2. The van der Waals surface area contributed by atoms with Gasteiger partial charge in [-0.05, 0) is 24.1 Å². The predicted octanol–water partition coefficient (Wildman–Crippen LogP) is 2.43. The van der Waals surface area contributed by atoms with E-state index in [2.05, 4.69) is 5.32 Å². The van der Waals surface area contributed by atoms with Crippen molar-refractivity contribution < 1.29 is 19.1 Å². The lowest BCUT2D eigenvalue weighted by atomic mass is 10.0. The van der Waals surface area contributed by atoms with Crippen LogP contribution in [0.15, 0.2) is 60.7 Å². The quantitative estimate of drug-likeness (QED) is 0.661. The predicted molar refractivity (Wildman–Crippen MR) is 111 cm³/mol. The van der Waals surface area contributed by atoms with Gasteiger partial charge in [-0.2, -0.15) is 0 Å². The Morgan fingerprint density at radius 1 is 1.00 bits per heavy atom. The molecule has 154 valence electrons. The molecule has 0 aromatic heterocycles. The number of carbonyl (C=O) groups excluding carboxylic acids is 2. The van der Waals surface area contributed by atoms with E-state index in [1.807, 2.05) is 60.7 Å². The second kappa shape index (κ2) is 11.2. The van der Waals surface area contributed by atoms with Crippen molar-refractivity contribution in [1.29, 1.82) is 0 Å². The van der Waals surface area contributed by atoms with Crippen LogP contribution in [-0.2, 0) is 20.7 Å². The Kier molecular flexibility index (Phi) is 8.07. The van der Waals surface area contributed by atoms with Crippen molar-refractivity contribution in [2.45, 2.75) is 25.3 Å². The number of hydrogen-bond acceptors (Lipinski definition) is 4. The molecule has 0 aliphatic carbocycles. The molecule has 0 radical (unpaired) electrons. The van der Waals surface area contributed by atoms with Crippen LogP contribution >= 0.6 is 0 Å². The summed E-state index contributed by atoms with van der Waals surface area (Å²) in [7, 11) is 0. The summed E-state index contributed by atoms with van der Waals surface area (Å²) in [5.41, 5.74) is 1.02. The number of carbonyl (C=O) groups is 2. The van der Waals surface area contributed by atoms with Gasteiger partial charge in [-0.3, -0.25) is 9.59 Å². The summed E-state index contributed by atoms with van der Waals surface area (Å²) in [6.07, 6.45) is 1.38. The molecular weight excluding hydrogens is 368 g/mol. The largest absolute Gasteiger partial charge is 0.494 e. The van der Waals surface area contributed by atoms with Crippen molar-refractivity contribution in [2.75, 3.05) is 32.9 Å². The van der Waals surface area contributed by atoms with Crippen molar-refractivity contribution in [3.05, 3.63) is 66.2 Å². The van der Waals surface area contributed by atoms with Gasteiger partial charge in [0.05, 0.1) is 19.8 Å². The van der Waals surface area contributed by atoms with E-state index < -0.39 is 6.04 Å². The molecule has 1 N–H and O–H groups in total. The fourth-order valence-corrected chi connectivity index (χ4v) is 3.26. The van der Waals surface area contributed by atoms with Crippen LogP contribution in [0.1, 0.15) is 18.4 Å². The Morgan fingerprint density at radius 3 is 2.34 bits per heavy atom. The highest BCUT2D eigenvalue weighted by Gasteiger charge is 2.27. The molecule has 1 saturated heterocycles. The molecule has 2 aromatic rings. The summed E-state index contributed by atoms with van der Waals surface area (Å²) in [5, 5.41) is 2.93. The second-order valence-corrected chi connectivity index (χ2v) is 7.01. The maximum Gasteiger partial charge on any atom is 0.245 e. The van der Waals surface area contributed by atoms with Crippen LogP contribution in [0.2, 0.25) is 0 Å². The molecule has 0 saturated carbocycles. The summed E-state index contributed by atoms with van der Waals surface area (Å²) in [4.78, 5) is 27.2. The zero-order valence-corrected chi connectivity index (χ0v) is 16.6. The Morgan fingerprint density at radius 2 is 1.66 bits per heavy atom. The van der Waals surface area contributed by atoms with Crippen LogP contribution in [0, 0.1) is 0 Å². The molecule has 29 heavy (non-hydrogen) atoms. The molecule has 0 bridgehead atoms. The summed E-state index contributed by atoms with van der Waals surface area (Å²) >= 11 is 0. The highest BCUT2D eigenvalue weighted by Crippen LogP contribution is 2.10. The maximum atomic E-state index is 13.0. The molecule has 1 atom stereocenters. The highest BCUT2D eigenvalue weighted by atomic mass is 16.5. The van der Waals surface area contributed by atoms with E-state index in [0.717, 1.165) is 11.3 Å². The number of nitrogens with zero attached hydrogens (tertiary/aromatic N) is 1. The van der Waals surface area contributed by atoms with Crippen LogP contribution in [0.25, 0.3) is 0 Å². The van der Waals surface area contributed by atoms with E-state index in [1.54, 1.807) is 4.90 Å². The molecule has 1 heterocycles. The molecule has 1 aliphatic rings. The van der Waals surface area contributed by atoms with Crippen LogP contribution in [0.5, 0.6) is 5.75 Å². The number of benzene rings is 2. The van der Waals surface area contributed by atoms with Gasteiger partial charge in [0.25, 0.3) is 0 Å². The molecule has 3 rings (SSSR count). The molecule has 1 aliphatic heterocycles. The van der Waals surface area contributed by atoms with Gasteiger partial charge in [0.1, 0.15) is 11.8 Å². The minimum atomic E-state index is -0.571. The Labute approximate surface area is 171 Å². The van der Waals surface area contributed by atoms with Crippen molar-refractivity contribution in [3.8, 4) is 5.75 Å². The zero-order valence-electron chi connectivity index (χ0n) is 16.6. The molecule has 1 fully saturated rings. The van der Waals surface area contributed by atoms with E-state index >= 15 is 0 Å². The van der Waals surface area contributed by atoms with Crippen LogP contribution in [0.4, 0.5) is 0 Å². The minimum absolute atomic E-state index is 0.0500. The van der Waals surface area contributed by atoms with Crippen molar-refractivity contribution in [3.63, 3.8) is 0 Å². The van der Waals surface area contributed by atoms with Gasteiger partial charge in [-0.1, -0.05) is 48.5 Å². The SMILES string of the molecule is O=C(CCCOc1ccccc1)N[C@@H](Cc1ccccc1)C(=O)N1CCOCC1. The summed E-state index contributed by atoms with van der Waals surface area (Å²) in [6.45, 7) is 2.65. The molecule has 0 spiro atoms. The average molecular weight is 396 g/mol. The fourth-order valence-electron chi connectivity index (χ4n) is 3.26. The standard InChI is InChI=1S/C23H28N2O4/c26-22(12-7-15-29-20-10-5-2-6-11-20)24-21(18-19-8-3-1-4-9-19)23(27)25-13-16-28-17-14-25/h1-6,8-11,21H,7,12-18H2,(H,24,26)/t21-/m0/s1. The summed E-state index contributed by atoms with van der Waals surface area (Å²) < 4.78 is 11.0. The minimum Gasteiger partial charge on any atom is -0.494 e. The molecule has 0 unspecified atom stereocenters. The molecular formula is C23H28N2O4. The van der Waals surface area contributed by atoms with Crippen molar-refractivity contribution in [1.82, 2.24) is 10.2 Å². The van der Waals surface area contributed by atoms with Gasteiger partial charge in [0.2, 0.25) is 11.8 Å². The number of hydrogen-bond donors (Lipinski definition) is 1. The number of ether oxygens (including phenoxy) is 2. The van der Waals surface area contributed by atoms with E-state index in [0.29, 0.717) is 52.2 Å². The lowest BCUT2D eigenvalue weighted by Crippen LogP contribution is -2.52. The molecule has 2 aromatic carbocycles. The number of para-hydroxylation sites is 1. The highest BCUT2D eigenvalue weighted by molar-refractivity contribution is 5.88. The van der Waals surface area contributed by atoms with Crippen LogP contribution in [-0.4, -0.2) is 55.7 Å². The first-order valence-electron chi connectivity index (χ1n) is 10.1. The number of morpholine rings is 1. The topological polar surface area (TPSA) is 67.9 Å². The van der Waals surface area contributed by atoms with Gasteiger partial charge in [0, 0.05) is 25.9 Å².